The van der Waals surface area contributed by atoms with Crippen molar-refractivity contribution in [2.75, 3.05) is 26.2 Å². The number of nitrogens with zero attached hydrogens (tertiary/aromatic N) is 1. The third kappa shape index (κ3) is 4.72. The van der Waals surface area contributed by atoms with Crippen LogP contribution in [-0.4, -0.2) is 43.3 Å². The molecule has 0 spiro atoms. The van der Waals surface area contributed by atoms with Crippen molar-refractivity contribution >= 4 is 0 Å². The molecule has 1 saturated heterocycles. The van der Waals surface area contributed by atoms with E-state index in [4.69, 9.17) is 9.47 Å². The molecule has 3 nitrogen and oxygen atoms in total. The molecule has 0 aliphatic carbocycles. The normalized spacial score (nSPS) is 23.5. The predicted molar refractivity (Wildman–Crippen MR) is 87.2 cm³/mol. The van der Waals surface area contributed by atoms with Gasteiger partial charge in [-0.3, -0.25) is 4.90 Å². The van der Waals surface area contributed by atoms with Gasteiger partial charge in [0.2, 0.25) is 0 Å². The third-order valence-electron chi connectivity index (χ3n) is 3.95. The maximum Gasteiger partial charge on any atom is 0.123 e. The molecule has 0 amide bonds. The summed E-state index contributed by atoms with van der Waals surface area (Å²) in [6.45, 7) is 14.5. The van der Waals surface area contributed by atoms with Gasteiger partial charge in [0.25, 0.3) is 0 Å². The first-order chi connectivity index (χ1) is 9.95. The SMILES string of the molecule is Cc1ccc(C(C)C)c(OCCN2C[C@@H](C)O[C@H](C)C2)c1. The Hall–Kier alpha value is -1.06. The Morgan fingerprint density at radius 1 is 1.24 bits per heavy atom. The van der Waals surface area contributed by atoms with Gasteiger partial charge < -0.3 is 9.47 Å². The molecule has 21 heavy (non-hydrogen) atoms. The van der Waals surface area contributed by atoms with Crippen LogP contribution < -0.4 is 4.74 Å². The van der Waals surface area contributed by atoms with E-state index < -0.39 is 0 Å². The number of rotatable bonds is 5. The molecule has 1 aromatic rings. The first-order valence-electron chi connectivity index (χ1n) is 8.07. The zero-order valence-electron chi connectivity index (χ0n) is 14.1. The molecule has 2 atom stereocenters. The maximum absolute atomic E-state index is 6.07. The summed E-state index contributed by atoms with van der Waals surface area (Å²) in [6, 6.07) is 6.50. The van der Waals surface area contributed by atoms with Crippen molar-refractivity contribution in [1.82, 2.24) is 4.90 Å². The Kier molecular flexibility index (Phi) is 5.65. The fraction of sp³-hybridized carbons (Fsp3) is 0.667. The second-order valence-electron chi connectivity index (χ2n) is 6.56. The maximum atomic E-state index is 6.07. The smallest absolute Gasteiger partial charge is 0.123 e. The van der Waals surface area contributed by atoms with Crippen LogP contribution in [-0.2, 0) is 4.74 Å². The van der Waals surface area contributed by atoms with Gasteiger partial charge in [-0.25, -0.2) is 0 Å². The summed E-state index contributed by atoms with van der Waals surface area (Å²) in [4.78, 5) is 2.43. The van der Waals surface area contributed by atoms with Gasteiger partial charge in [0.05, 0.1) is 12.2 Å². The van der Waals surface area contributed by atoms with Crippen LogP contribution in [0.25, 0.3) is 0 Å². The Balaban J connectivity index is 1.90. The van der Waals surface area contributed by atoms with Crippen LogP contribution in [0.15, 0.2) is 18.2 Å². The average molecular weight is 291 g/mol. The highest BCUT2D eigenvalue weighted by Crippen LogP contribution is 2.27. The van der Waals surface area contributed by atoms with E-state index in [0.717, 1.165) is 32.0 Å². The summed E-state index contributed by atoms with van der Waals surface area (Å²) in [5.74, 6) is 1.53. The molecule has 1 fully saturated rings. The number of aryl methyl sites for hydroxylation is 1. The molecule has 1 aliphatic heterocycles. The van der Waals surface area contributed by atoms with Crippen molar-refractivity contribution in [2.24, 2.45) is 0 Å². The van der Waals surface area contributed by atoms with Gasteiger partial charge >= 0.3 is 0 Å². The van der Waals surface area contributed by atoms with Crippen LogP contribution in [0.2, 0.25) is 0 Å². The predicted octanol–water partition coefficient (Wildman–Crippen LogP) is 3.61. The van der Waals surface area contributed by atoms with E-state index in [9.17, 15) is 0 Å². The number of benzene rings is 1. The van der Waals surface area contributed by atoms with Gasteiger partial charge in [-0.1, -0.05) is 26.0 Å². The fourth-order valence-corrected chi connectivity index (χ4v) is 3.00. The molecular weight excluding hydrogens is 262 g/mol. The molecule has 1 heterocycles. The summed E-state index contributed by atoms with van der Waals surface area (Å²) in [5.41, 5.74) is 2.55. The van der Waals surface area contributed by atoms with Crippen LogP contribution in [0.1, 0.15) is 44.7 Å². The van der Waals surface area contributed by atoms with Crippen molar-refractivity contribution in [2.45, 2.75) is 52.7 Å². The second-order valence-corrected chi connectivity index (χ2v) is 6.56. The summed E-state index contributed by atoms with van der Waals surface area (Å²) in [7, 11) is 0. The highest BCUT2D eigenvalue weighted by atomic mass is 16.5. The summed E-state index contributed by atoms with van der Waals surface area (Å²) < 4.78 is 11.8. The van der Waals surface area contributed by atoms with Crippen LogP contribution >= 0.6 is 0 Å². The highest BCUT2D eigenvalue weighted by molar-refractivity contribution is 5.39. The molecule has 2 rings (SSSR count). The molecule has 0 aromatic heterocycles. The van der Waals surface area contributed by atoms with E-state index in [1.165, 1.54) is 11.1 Å². The van der Waals surface area contributed by atoms with Crippen LogP contribution in [0, 0.1) is 6.92 Å². The number of morpholine rings is 1. The lowest BCUT2D eigenvalue weighted by molar-refractivity contribution is -0.0699. The minimum atomic E-state index is 0.318. The van der Waals surface area contributed by atoms with Crippen molar-refractivity contribution in [3.05, 3.63) is 29.3 Å². The van der Waals surface area contributed by atoms with Gasteiger partial charge in [-0.15, -0.1) is 0 Å². The summed E-state index contributed by atoms with van der Waals surface area (Å²) in [6.07, 6.45) is 0.637. The highest BCUT2D eigenvalue weighted by Gasteiger charge is 2.21. The molecule has 0 N–H and O–H groups in total. The Bertz CT molecular complexity index is 449. The average Bonchev–Trinajstić information content (AvgIpc) is 2.37. The molecule has 0 bridgehead atoms. The van der Waals surface area contributed by atoms with Crippen molar-refractivity contribution in [3.63, 3.8) is 0 Å². The standard InChI is InChI=1S/C18H29NO2/c1-13(2)17-7-6-14(3)10-18(17)20-9-8-19-11-15(4)21-16(5)12-19/h6-7,10,13,15-16H,8-9,11-12H2,1-5H3/t15-,16-/m1/s1. The summed E-state index contributed by atoms with van der Waals surface area (Å²) >= 11 is 0. The van der Waals surface area contributed by atoms with E-state index in [1.807, 2.05) is 0 Å². The Morgan fingerprint density at radius 3 is 2.52 bits per heavy atom. The molecule has 0 unspecified atom stereocenters. The molecular formula is C18H29NO2. The lowest BCUT2D eigenvalue weighted by Gasteiger charge is -2.35. The van der Waals surface area contributed by atoms with Gasteiger partial charge in [0.1, 0.15) is 12.4 Å². The van der Waals surface area contributed by atoms with E-state index in [1.54, 1.807) is 0 Å². The van der Waals surface area contributed by atoms with Gasteiger partial charge in [0, 0.05) is 19.6 Å². The number of ether oxygens (including phenoxy) is 2. The molecule has 0 saturated carbocycles. The monoisotopic (exact) mass is 291 g/mol. The van der Waals surface area contributed by atoms with E-state index >= 15 is 0 Å². The minimum absolute atomic E-state index is 0.318. The van der Waals surface area contributed by atoms with Crippen LogP contribution in [0.4, 0.5) is 0 Å². The van der Waals surface area contributed by atoms with Crippen LogP contribution in [0.5, 0.6) is 5.75 Å². The minimum Gasteiger partial charge on any atom is -0.492 e. The molecule has 118 valence electrons. The zero-order valence-corrected chi connectivity index (χ0v) is 14.1. The number of hydrogen-bond donors (Lipinski definition) is 0. The third-order valence-corrected chi connectivity index (χ3v) is 3.95. The van der Waals surface area contributed by atoms with E-state index in [-0.39, 0.29) is 0 Å². The largest absolute Gasteiger partial charge is 0.492 e. The fourth-order valence-electron chi connectivity index (χ4n) is 3.00. The van der Waals surface area contributed by atoms with Gasteiger partial charge in [-0.2, -0.15) is 0 Å². The Labute approximate surface area is 129 Å². The van der Waals surface area contributed by atoms with Crippen molar-refractivity contribution in [3.8, 4) is 5.75 Å². The topological polar surface area (TPSA) is 21.7 Å². The van der Waals surface area contributed by atoms with E-state index in [0.29, 0.717) is 18.1 Å². The van der Waals surface area contributed by atoms with Crippen molar-refractivity contribution < 1.29 is 9.47 Å². The van der Waals surface area contributed by atoms with E-state index in [2.05, 4.69) is 57.7 Å². The quantitative estimate of drug-likeness (QED) is 0.827. The lowest BCUT2D eigenvalue weighted by Crippen LogP contribution is -2.46. The van der Waals surface area contributed by atoms with Gasteiger partial charge in [-0.05, 0) is 43.9 Å². The second kappa shape index (κ2) is 7.28. The number of hydrogen-bond acceptors (Lipinski definition) is 3. The van der Waals surface area contributed by atoms with Crippen molar-refractivity contribution in [1.29, 1.82) is 0 Å². The molecule has 0 radical (unpaired) electrons. The van der Waals surface area contributed by atoms with Crippen LogP contribution in [0.3, 0.4) is 0 Å². The lowest BCUT2D eigenvalue weighted by atomic mass is 10.0. The Morgan fingerprint density at radius 2 is 1.90 bits per heavy atom. The molecule has 1 aromatic carbocycles. The van der Waals surface area contributed by atoms with Gasteiger partial charge in [0.15, 0.2) is 0 Å². The molecule has 1 aliphatic rings. The first kappa shape index (κ1) is 16.3. The zero-order chi connectivity index (χ0) is 15.4. The summed E-state index contributed by atoms with van der Waals surface area (Å²) in [5, 5.41) is 0. The first-order valence-corrected chi connectivity index (χ1v) is 8.07. The molecule has 3 heteroatoms.